The SMILES string of the molecule is CCNCc1cc(OC)ccc1OC(C)COC. The lowest BCUT2D eigenvalue weighted by molar-refractivity contribution is 0.0913. The highest BCUT2D eigenvalue weighted by Crippen LogP contribution is 2.25. The molecule has 0 radical (unpaired) electrons. The van der Waals surface area contributed by atoms with Gasteiger partial charge in [-0.2, -0.15) is 0 Å². The predicted molar refractivity (Wildman–Crippen MR) is 72.3 cm³/mol. The molecule has 0 saturated carbocycles. The maximum atomic E-state index is 5.86. The Morgan fingerprint density at radius 3 is 2.67 bits per heavy atom. The van der Waals surface area contributed by atoms with Gasteiger partial charge in [0.05, 0.1) is 13.7 Å². The van der Waals surface area contributed by atoms with E-state index in [0.717, 1.165) is 30.2 Å². The van der Waals surface area contributed by atoms with Gasteiger partial charge in [-0.1, -0.05) is 6.92 Å². The zero-order chi connectivity index (χ0) is 13.4. The second kappa shape index (κ2) is 7.95. The van der Waals surface area contributed by atoms with E-state index in [4.69, 9.17) is 14.2 Å². The highest BCUT2D eigenvalue weighted by Gasteiger charge is 2.09. The van der Waals surface area contributed by atoms with Gasteiger partial charge in [0, 0.05) is 19.2 Å². The normalized spacial score (nSPS) is 12.2. The second-order valence-electron chi connectivity index (χ2n) is 4.14. The Kier molecular flexibility index (Phi) is 6.54. The fourth-order valence-electron chi connectivity index (χ4n) is 1.68. The summed E-state index contributed by atoms with van der Waals surface area (Å²) in [6, 6.07) is 5.85. The van der Waals surface area contributed by atoms with Gasteiger partial charge in [0.25, 0.3) is 0 Å². The van der Waals surface area contributed by atoms with Crippen molar-refractivity contribution >= 4 is 0 Å². The first-order valence-electron chi connectivity index (χ1n) is 6.24. The molecular weight excluding hydrogens is 230 g/mol. The quantitative estimate of drug-likeness (QED) is 0.771. The Hall–Kier alpha value is -1.26. The lowest BCUT2D eigenvalue weighted by Crippen LogP contribution is -2.20. The van der Waals surface area contributed by atoms with Crippen molar-refractivity contribution in [1.29, 1.82) is 0 Å². The predicted octanol–water partition coefficient (Wildman–Crippen LogP) is 2.22. The molecular formula is C14H23NO3. The van der Waals surface area contributed by atoms with Crippen LogP contribution in [0.1, 0.15) is 19.4 Å². The number of benzene rings is 1. The molecule has 4 heteroatoms. The molecule has 102 valence electrons. The molecule has 1 aromatic rings. The van der Waals surface area contributed by atoms with E-state index in [1.165, 1.54) is 0 Å². The van der Waals surface area contributed by atoms with Crippen molar-refractivity contribution in [3.8, 4) is 11.5 Å². The molecule has 1 unspecified atom stereocenters. The van der Waals surface area contributed by atoms with Crippen LogP contribution in [0, 0.1) is 0 Å². The molecule has 0 aliphatic carbocycles. The summed E-state index contributed by atoms with van der Waals surface area (Å²) in [5.41, 5.74) is 1.10. The number of rotatable bonds is 8. The average molecular weight is 253 g/mol. The Morgan fingerprint density at radius 1 is 1.28 bits per heavy atom. The molecule has 0 amide bonds. The van der Waals surface area contributed by atoms with Crippen LogP contribution in [0.3, 0.4) is 0 Å². The van der Waals surface area contributed by atoms with Gasteiger partial charge in [0.1, 0.15) is 17.6 Å². The first kappa shape index (κ1) is 14.8. The minimum Gasteiger partial charge on any atom is -0.497 e. The lowest BCUT2D eigenvalue weighted by atomic mass is 10.2. The second-order valence-corrected chi connectivity index (χ2v) is 4.14. The minimum absolute atomic E-state index is 0.0313. The van der Waals surface area contributed by atoms with E-state index >= 15 is 0 Å². The summed E-state index contributed by atoms with van der Waals surface area (Å²) < 4.78 is 16.2. The van der Waals surface area contributed by atoms with Crippen LogP contribution in [0.4, 0.5) is 0 Å². The van der Waals surface area contributed by atoms with Gasteiger partial charge in [0.15, 0.2) is 0 Å². The molecule has 18 heavy (non-hydrogen) atoms. The molecule has 1 aromatic carbocycles. The van der Waals surface area contributed by atoms with E-state index in [2.05, 4.69) is 12.2 Å². The minimum atomic E-state index is 0.0313. The molecule has 0 heterocycles. The van der Waals surface area contributed by atoms with Crippen molar-refractivity contribution in [2.45, 2.75) is 26.5 Å². The van der Waals surface area contributed by atoms with Crippen molar-refractivity contribution in [2.24, 2.45) is 0 Å². The fourth-order valence-corrected chi connectivity index (χ4v) is 1.68. The van der Waals surface area contributed by atoms with Crippen LogP contribution in [-0.4, -0.2) is 33.5 Å². The Bertz CT molecular complexity index is 355. The summed E-state index contributed by atoms with van der Waals surface area (Å²) in [7, 11) is 3.34. The van der Waals surface area contributed by atoms with Gasteiger partial charge in [-0.3, -0.25) is 0 Å². The molecule has 0 fully saturated rings. The highest BCUT2D eigenvalue weighted by molar-refractivity contribution is 5.40. The molecule has 1 rings (SSSR count). The molecule has 0 bridgehead atoms. The van der Waals surface area contributed by atoms with Crippen LogP contribution < -0.4 is 14.8 Å². The third-order valence-electron chi connectivity index (χ3n) is 2.56. The third kappa shape index (κ3) is 4.55. The molecule has 4 nitrogen and oxygen atoms in total. The molecule has 0 spiro atoms. The van der Waals surface area contributed by atoms with Crippen LogP contribution in [0.2, 0.25) is 0 Å². The zero-order valence-corrected chi connectivity index (χ0v) is 11.7. The molecule has 1 N–H and O–H groups in total. The first-order valence-corrected chi connectivity index (χ1v) is 6.24. The Labute approximate surface area is 109 Å². The highest BCUT2D eigenvalue weighted by atomic mass is 16.5. The summed E-state index contributed by atoms with van der Waals surface area (Å²) in [6.07, 6.45) is 0.0313. The van der Waals surface area contributed by atoms with Crippen molar-refractivity contribution in [1.82, 2.24) is 5.32 Å². The van der Waals surface area contributed by atoms with Crippen LogP contribution >= 0.6 is 0 Å². The van der Waals surface area contributed by atoms with Crippen molar-refractivity contribution in [3.63, 3.8) is 0 Å². The van der Waals surface area contributed by atoms with Crippen LogP contribution in [-0.2, 0) is 11.3 Å². The molecule has 0 saturated heterocycles. The van der Waals surface area contributed by atoms with Crippen molar-refractivity contribution in [2.75, 3.05) is 27.4 Å². The fraction of sp³-hybridized carbons (Fsp3) is 0.571. The van der Waals surface area contributed by atoms with Gasteiger partial charge in [-0.05, 0) is 31.7 Å². The van der Waals surface area contributed by atoms with E-state index in [9.17, 15) is 0 Å². The van der Waals surface area contributed by atoms with Gasteiger partial charge >= 0.3 is 0 Å². The number of ether oxygens (including phenoxy) is 3. The van der Waals surface area contributed by atoms with Gasteiger partial charge in [-0.25, -0.2) is 0 Å². The standard InChI is InChI=1S/C14H23NO3/c1-5-15-9-12-8-13(17-4)6-7-14(12)18-11(2)10-16-3/h6-8,11,15H,5,9-10H2,1-4H3. The molecule has 1 atom stereocenters. The summed E-state index contributed by atoms with van der Waals surface area (Å²) in [5.74, 6) is 1.72. The van der Waals surface area contributed by atoms with E-state index in [0.29, 0.717) is 6.61 Å². The van der Waals surface area contributed by atoms with E-state index in [1.807, 2.05) is 25.1 Å². The average Bonchev–Trinajstić information content (AvgIpc) is 2.37. The Balaban J connectivity index is 2.80. The number of methoxy groups -OCH3 is 2. The topological polar surface area (TPSA) is 39.7 Å². The largest absolute Gasteiger partial charge is 0.497 e. The van der Waals surface area contributed by atoms with Crippen molar-refractivity contribution in [3.05, 3.63) is 23.8 Å². The Morgan fingerprint density at radius 2 is 2.06 bits per heavy atom. The molecule has 0 aliphatic heterocycles. The smallest absolute Gasteiger partial charge is 0.124 e. The van der Waals surface area contributed by atoms with Crippen LogP contribution in [0.5, 0.6) is 11.5 Å². The third-order valence-corrected chi connectivity index (χ3v) is 2.56. The molecule has 0 aliphatic rings. The van der Waals surface area contributed by atoms with E-state index < -0.39 is 0 Å². The summed E-state index contributed by atoms with van der Waals surface area (Å²) in [6.45, 7) is 6.33. The summed E-state index contributed by atoms with van der Waals surface area (Å²) in [5, 5.41) is 3.29. The van der Waals surface area contributed by atoms with Gasteiger partial charge in [-0.15, -0.1) is 0 Å². The summed E-state index contributed by atoms with van der Waals surface area (Å²) in [4.78, 5) is 0. The van der Waals surface area contributed by atoms with E-state index in [1.54, 1.807) is 14.2 Å². The number of hydrogen-bond donors (Lipinski definition) is 1. The van der Waals surface area contributed by atoms with Crippen molar-refractivity contribution < 1.29 is 14.2 Å². The van der Waals surface area contributed by atoms with Crippen LogP contribution in [0.25, 0.3) is 0 Å². The van der Waals surface area contributed by atoms with Gasteiger partial charge < -0.3 is 19.5 Å². The van der Waals surface area contributed by atoms with Crippen LogP contribution in [0.15, 0.2) is 18.2 Å². The van der Waals surface area contributed by atoms with Gasteiger partial charge in [0.2, 0.25) is 0 Å². The maximum Gasteiger partial charge on any atom is 0.124 e. The van der Waals surface area contributed by atoms with E-state index in [-0.39, 0.29) is 6.10 Å². The monoisotopic (exact) mass is 253 g/mol. The number of hydrogen-bond acceptors (Lipinski definition) is 4. The maximum absolute atomic E-state index is 5.86. The first-order chi connectivity index (χ1) is 8.71. The lowest BCUT2D eigenvalue weighted by Gasteiger charge is -2.17. The zero-order valence-electron chi connectivity index (χ0n) is 11.7. The number of nitrogens with one attached hydrogen (secondary N) is 1. The molecule has 0 aromatic heterocycles. The summed E-state index contributed by atoms with van der Waals surface area (Å²) >= 11 is 0.